The van der Waals surface area contributed by atoms with Gasteiger partial charge in [-0.15, -0.1) is 6.58 Å². The lowest BCUT2D eigenvalue weighted by atomic mass is 10.3. The maximum Gasteiger partial charge on any atom is 0.270 e. The van der Waals surface area contributed by atoms with E-state index < -0.39 is 0 Å². The van der Waals surface area contributed by atoms with Crippen LogP contribution in [0.1, 0.15) is 23.8 Å². The van der Waals surface area contributed by atoms with Crippen molar-refractivity contribution in [1.82, 2.24) is 10.3 Å². The van der Waals surface area contributed by atoms with Crippen LogP contribution in [0.3, 0.4) is 0 Å². The summed E-state index contributed by atoms with van der Waals surface area (Å²) in [6.07, 6.45) is 4.30. The molecule has 0 aromatic carbocycles. The molecule has 4 nitrogen and oxygen atoms in total. The maximum atomic E-state index is 11.6. The standard InChI is InChI=1S/C12H17N3O/c1-3-6-13-10-5-8-14-11(9-10)12(16)15-7-4-2/h4-5,8-9H,2-3,6-7H2,1H3,(H,13,14)(H,15,16). The lowest BCUT2D eigenvalue weighted by Gasteiger charge is -2.06. The van der Waals surface area contributed by atoms with Crippen molar-refractivity contribution in [3.63, 3.8) is 0 Å². The number of pyridine rings is 1. The summed E-state index contributed by atoms with van der Waals surface area (Å²) in [6.45, 7) is 6.96. The first-order valence-electron chi connectivity index (χ1n) is 5.37. The summed E-state index contributed by atoms with van der Waals surface area (Å²) in [4.78, 5) is 15.6. The average Bonchev–Trinajstić information content (AvgIpc) is 2.33. The number of anilines is 1. The first-order chi connectivity index (χ1) is 7.77. The molecule has 0 saturated carbocycles. The van der Waals surface area contributed by atoms with Gasteiger partial charge in [0.2, 0.25) is 0 Å². The molecule has 1 rings (SSSR count). The van der Waals surface area contributed by atoms with Gasteiger partial charge in [0, 0.05) is 25.0 Å². The predicted octanol–water partition coefficient (Wildman–Crippen LogP) is 1.82. The zero-order valence-electron chi connectivity index (χ0n) is 9.49. The molecule has 86 valence electrons. The van der Waals surface area contributed by atoms with Gasteiger partial charge in [-0.2, -0.15) is 0 Å². The summed E-state index contributed by atoms with van der Waals surface area (Å²) in [5.41, 5.74) is 1.34. The van der Waals surface area contributed by atoms with Crippen LogP contribution in [0, 0.1) is 0 Å². The van der Waals surface area contributed by atoms with Crippen LogP contribution in [0.2, 0.25) is 0 Å². The van der Waals surface area contributed by atoms with Crippen molar-refractivity contribution in [1.29, 1.82) is 0 Å². The van der Waals surface area contributed by atoms with Crippen molar-refractivity contribution in [3.05, 3.63) is 36.7 Å². The molecule has 4 heteroatoms. The van der Waals surface area contributed by atoms with E-state index in [1.165, 1.54) is 0 Å². The third-order valence-corrected chi connectivity index (χ3v) is 1.98. The molecule has 16 heavy (non-hydrogen) atoms. The second-order valence-electron chi connectivity index (χ2n) is 3.36. The molecule has 0 aliphatic rings. The van der Waals surface area contributed by atoms with Crippen molar-refractivity contribution < 1.29 is 4.79 Å². The lowest BCUT2D eigenvalue weighted by molar-refractivity contribution is 0.0953. The van der Waals surface area contributed by atoms with Crippen molar-refractivity contribution >= 4 is 11.6 Å². The molecule has 0 aliphatic heterocycles. The molecule has 0 fully saturated rings. The summed E-state index contributed by atoms with van der Waals surface area (Å²) in [7, 11) is 0. The number of nitrogens with zero attached hydrogens (tertiary/aromatic N) is 1. The van der Waals surface area contributed by atoms with Crippen molar-refractivity contribution in [2.75, 3.05) is 18.4 Å². The van der Waals surface area contributed by atoms with E-state index >= 15 is 0 Å². The Morgan fingerprint density at radius 3 is 3.12 bits per heavy atom. The molecule has 0 radical (unpaired) electrons. The highest BCUT2D eigenvalue weighted by Gasteiger charge is 2.05. The first kappa shape index (κ1) is 12.2. The summed E-state index contributed by atoms with van der Waals surface area (Å²) in [6, 6.07) is 3.59. The first-order valence-corrected chi connectivity index (χ1v) is 5.37. The predicted molar refractivity (Wildman–Crippen MR) is 65.5 cm³/mol. The number of aromatic nitrogens is 1. The van der Waals surface area contributed by atoms with Gasteiger partial charge in [-0.25, -0.2) is 0 Å². The van der Waals surface area contributed by atoms with E-state index in [0.29, 0.717) is 12.2 Å². The fourth-order valence-corrected chi connectivity index (χ4v) is 1.19. The van der Waals surface area contributed by atoms with Gasteiger partial charge in [0.1, 0.15) is 5.69 Å². The Bertz CT molecular complexity index is 363. The van der Waals surface area contributed by atoms with Crippen molar-refractivity contribution in [2.45, 2.75) is 13.3 Å². The monoisotopic (exact) mass is 219 g/mol. The Hall–Kier alpha value is -1.84. The SMILES string of the molecule is C=CCNC(=O)c1cc(NCCC)ccn1. The fourth-order valence-electron chi connectivity index (χ4n) is 1.19. The zero-order valence-corrected chi connectivity index (χ0v) is 9.49. The van der Waals surface area contributed by atoms with Gasteiger partial charge in [-0.1, -0.05) is 13.0 Å². The summed E-state index contributed by atoms with van der Waals surface area (Å²) in [5, 5.41) is 5.89. The molecule has 0 spiro atoms. The quantitative estimate of drug-likeness (QED) is 0.717. The van der Waals surface area contributed by atoms with Crippen LogP contribution in [-0.4, -0.2) is 24.0 Å². The van der Waals surface area contributed by atoms with Crippen LogP contribution in [0.4, 0.5) is 5.69 Å². The third kappa shape index (κ3) is 3.73. The van der Waals surface area contributed by atoms with E-state index in [4.69, 9.17) is 0 Å². The Morgan fingerprint density at radius 2 is 2.44 bits per heavy atom. The minimum atomic E-state index is -0.181. The molecule has 0 bridgehead atoms. The molecular weight excluding hydrogens is 202 g/mol. The minimum Gasteiger partial charge on any atom is -0.385 e. The maximum absolute atomic E-state index is 11.6. The highest BCUT2D eigenvalue weighted by molar-refractivity contribution is 5.93. The zero-order chi connectivity index (χ0) is 11.8. The summed E-state index contributed by atoms with van der Waals surface area (Å²) in [5.74, 6) is -0.181. The van der Waals surface area contributed by atoms with Crippen LogP contribution < -0.4 is 10.6 Å². The van der Waals surface area contributed by atoms with Gasteiger partial charge < -0.3 is 10.6 Å². The van der Waals surface area contributed by atoms with E-state index in [-0.39, 0.29) is 5.91 Å². The average molecular weight is 219 g/mol. The molecule has 0 atom stereocenters. The highest BCUT2D eigenvalue weighted by Crippen LogP contribution is 2.07. The van der Waals surface area contributed by atoms with Gasteiger partial charge in [0.25, 0.3) is 5.91 Å². The number of rotatable bonds is 6. The van der Waals surface area contributed by atoms with E-state index in [0.717, 1.165) is 18.7 Å². The molecule has 1 amide bonds. The van der Waals surface area contributed by atoms with Crippen LogP contribution in [0.25, 0.3) is 0 Å². The van der Waals surface area contributed by atoms with E-state index in [2.05, 4.69) is 29.1 Å². The number of carbonyl (C=O) groups is 1. The van der Waals surface area contributed by atoms with Gasteiger partial charge in [-0.3, -0.25) is 9.78 Å². The number of nitrogens with one attached hydrogen (secondary N) is 2. The van der Waals surface area contributed by atoms with Crippen molar-refractivity contribution in [3.8, 4) is 0 Å². The van der Waals surface area contributed by atoms with E-state index in [1.54, 1.807) is 18.3 Å². The van der Waals surface area contributed by atoms with Gasteiger partial charge in [0.15, 0.2) is 0 Å². The van der Waals surface area contributed by atoms with Crippen LogP contribution in [0.5, 0.6) is 0 Å². The fraction of sp³-hybridized carbons (Fsp3) is 0.333. The number of amides is 1. The molecule has 1 aromatic rings. The minimum absolute atomic E-state index is 0.181. The topological polar surface area (TPSA) is 54.0 Å². The van der Waals surface area contributed by atoms with Crippen LogP contribution in [0.15, 0.2) is 31.0 Å². The largest absolute Gasteiger partial charge is 0.385 e. The highest BCUT2D eigenvalue weighted by atomic mass is 16.1. The molecule has 0 saturated heterocycles. The molecule has 1 aromatic heterocycles. The molecule has 2 N–H and O–H groups in total. The Morgan fingerprint density at radius 1 is 1.62 bits per heavy atom. The second-order valence-corrected chi connectivity index (χ2v) is 3.36. The van der Waals surface area contributed by atoms with Gasteiger partial charge in [0.05, 0.1) is 0 Å². The third-order valence-electron chi connectivity index (χ3n) is 1.98. The molecule has 1 heterocycles. The number of hydrogen-bond donors (Lipinski definition) is 2. The van der Waals surface area contributed by atoms with Crippen LogP contribution >= 0.6 is 0 Å². The van der Waals surface area contributed by atoms with Crippen molar-refractivity contribution in [2.24, 2.45) is 0 Å². The molecule has 0 aliphatic carbocycles. The molecule has 0 unspecified atom stereocenters. The Kier molecular flexibility index (Phi) is 5.05. The lowest BCUT2D eigenvalue weighted by Crippen LogP contribution is -2.24. The van der Waals surface area contributed by atoms with Crippen LogP contribution in [-0.2, 0) is 0 Å². The number of hydrogen-bond acceptors (Lipinski definition) is 3. The van der Waals surface area contributed by atoms with E-state index in [9.17, 15) is 4.79 Å². The Balaban J connectivity index is 2.65. The summed E-state index contributed by atoms with van der Waals surface area (Å²) >= 11 is 0. The van der Waals surface area contributed by atoms with E-state index in [1.807, 2.05) is 6.07 Å². The Labute approximate surface area is 95.8 Å². The van der Waals surface area contributed by atoms with Gasteiger partial charge in [-0.05, 0) is 18.6 Å². The second kappa shape index (κ2) is 6.61. The smallest absolute Gasteiger partial charge is 0.270 e. The molecular formula is C12H17N3O. The van der Waals surface area contributed by atoms with Gasteiger partial charge >= 0.3 is 0 Å². The normalized spacial score (nSPS) is 9.56. The number of carbonyl (C=O) groups excluding carboxylic acids is 1. The summed E-state index contributed by atoms with van der Waals surface area (Å²) < 4.78 is 0.